The van der Waals surface area contributed by atoms with Gasteiger partial charge in [-0.1, -0.05) is 36.7 Å². The van der Waals surface area contributed by atoms with E-state index in [0.717, 1.165) is 5.56 Å². The Kier molecular flexibility index (Phi) is 5.88. The molecule has 9 heteroatoms. The van der Waals surface area contributed by atoms with Crippen LogP contribution in [0.5, 0.6) is 0 Å². The van der Waals surface area contributed by atoms with Gasteiger partial charge in [0.15, 0.2) is 22.8 Å². The standard InChI is InChI=1S/C29H32ClF2NO5/c1-26-7-6-19(35)10-22(26)23(31)11-21-20-9-17-14-33(13-16-4-3-5-18(30)8-16)38-29(17,25(37)15-34)27(20,2)12-24(36)28(21,26)32/h3-8,17,20-21,24,34,36H,9-15H2,1-2H3/t17-,20-,21-,24-,26-,27-,28-,29-/m0/s1. The highest BCUT2D eigenvalue weighted by molar-refractivity contribution is 6.30. The monoisotopic (exact) mass is 547 g/mol. The molecule has 1 aromatic rings. The Labute approximate surface area is 225 Å². The third kappa shape index (κ3) is 3.18. The lowest BCUT2D eigenvalue weighted by atomic mass is 9.45. The molecule has 5 aliphatic rings. The van der Waals surface area contributed by atoms with E-state index in [9.17, 15) is 19.8 Å². The zero-order valence-corrected chi connectivity index (χ0v) is 22.2. The molecule has 0 aromatic heterocycles. The molecule has 2 saturated carbocycles. The number of alkyl halides is 1. The van der Waals surface area contributed by atoms with Crippen LogP contribution in [0, 0.1) is 28.6 Å². The normalized spacial score (nSPS) is 44.0. The number of allylic oxidation sites excluding steroid dienone is 4. The number of benzene rings is 1. The summed E-state index contributed by atoms with van der Waals surface area (Å²) in [4.78, 5) is 32.1. The van der Waals surface area contributed by atoms with Gasteiger partial charge in [0.2, 0.25) is 0 Å². The molecule has 0 bridgehead atoms. The Morgan fingerprint density at radius 2 is 2.05 bits per heavy atom. The van der Waals surface area contributed by atoms with Crippen molar-refractivity contribution in [2.75, 3.05) is 13.2 Å². The summed E-state index contributed by atoms with van der Waals surface area (Å²) >= 11 is 6.15. The summed E-state index contributed by atoms with van der Waals surface area (Å²) in [5, 5.41) is 23.9. The highest BCUT2D eigenvalue weighted by atomic mass is 35.5. The number of carbonyl (C=O) groups excluding carboxylic acids is 2. The fourth-order valence-electron chi connectivity index (χ4n) is 8.85. The van der Waals surface area contributed by atoms with E-state index in [1.165, 1.54) is 12.2 Å². The maximum Gasteiger partial charge on any atom is 0.192 e. The van der Waals surface area contributed by atoms with Gasteiger partial charge >= 0.3 is 0 Å². The van der Waals surface area contributed by atoms with Gasteiger partial charge < -0.3 is 10.2 Å². The van der Waals surface area contributed by atoms with Gasteiger partial charge in [-0.05, 0) is 55.0 Å². The lowest BCUT2D eigenvalue weighted by Gasteiger charge is -2.62. The Morgan fingerprint density at radius 1 is 1.29 bits per heavy atom. The van der Waals surface area contributed by atoms with E-state index < -0.39 is 58.3 Å². The van der Waals surface area contributed by atoms with E-state index in [2.05, 4.69) is 0 Å². The summed E-state index contributed by atoms with van der Waals surface area (Å²) in [5.41, 5.74) is -5.23. The summed E-state index contributed by atoms with van der Waals surface area (Å²) in [6, 6.07) is 7.30. The summed E-state index contributed by atoms with van der Waals surface area (Å²) in [6.45, 7) is 3.34. The average molecular weight is 548 g/mol. The number of Topliss-reactive ketones (excluding diaryl/α,β-unsaturated/α-hetero) is 1. The molecule has 38 heavy (non-hydrogen) atoms. The van der Waals surface area contributed by atoms with Crippen LogP contribution in [0.15, 0.2) is 47.8 Å². The van der Waals surface area contributed by atoms with Gasteiger partial charge in [0, 0.05) is 53.6 Å². The van der Waals surface area contributed by atoms with Gasteiger partial charge in [0.05, 0.1) is 6.10 Å². The molecule has 0 unspecified atom stereocenters. The lowest BCUT2D eigenvalue weighted by molar-refractivity contribution is -0.267. The van der Waals surface area contributed by atoms with E-state index in [-0.39, 0.29) is 36.5 Å². The van der Waals surface area contributed by atoms with Crippen LogP contribution in [0.3, 0.4) is 0 Å². The van der Waals surface area contributed by atoms with Gasteiger partial charge in [-0.25, -0.2) is 8.78 Å². The van der Waals surface area contributed by atoms with Crippen molar-refractivity contribution in [3.8, 4) is 0 Å². The number of hydrogen-bond acceptors (Lipinski definition) is 6. The molecular formula is C29H32ClF2NO5. The molecule has 1 heterocycles. The third-order valence-corrected chi connectivity index (χ3v) is 10.7. The number of ketones is 2. The molecule has 3 fully saturated rings. The quantitative estimate of drug-likeness (QED) is 0.585. The summed E-state index contributed by atoms with van der Waals surface area (Å²) < 4.78 is 33.0. The molecule has 0 amide bonds. The number of aliphatic hydroxyl groups excluding tert-OH is 2. The Hall–Kier alpha value is -1.97. The second-order valence-electron chi connectivity index (χ2n) is 12.2. The average Bonchev–Trinajstić information content (AvgIpc) is 3.34. The summed E-state index contributed by atoms with van der Waals surface area (Å²) in [5.74, 6) is -3.11. The van der Waals surface area contributed by atoms with Crippen LogP contribution in [0.4, 0.5) is 8.78 Å². The first-order valence-corrected chi connectivity index (χ1v) is 13.6. The first-order valence-electron chi connectivity index (χ1n) is 13.2. The van der Waals surface area contributed by atoms with Crippen molar-refractivity contribution in [3.05, 3.63) is 58.4 Å². The van der Waals surface area contributed by atoms with E-state index >= 15 is 8.78 Å². The van der Waals surface area contributed by atoms with Crippen molar-refractivity contribution in [1.82, 2.24) is 5.06 Å². The molecule has 1 saturated heterocycles. The molecule has 0 radical (unpaired) electrons. The summed E-state index contributed by atoms with van der Waals surface area (Å²) in [7, 11) is 0. The SMILES string of the molecule is C[C@]12C=CC(=O)CC1=C(F)C[C@H]1[C@@H]3C[C@H]4CN(Cc5cccc(Cl)c5)O[C@@]4(C(=O)CO)[C@@]3(C)C[C@H](O)[C@@]12F. The topological polar surface area (TPSA) is 87.1 Å². The van der Waals surface area contributed by atoms with Gasteiger partial charge in [0.1, 0.15) is 12.4 Å². The van der Waals surface area contributed by atoms with Crippen LogP contribution in [0.25, 0.3) is 0 Å². The number of rotatable bonds is 4. The number of fused-ring (bicyclic) bond motifs is 7. The first-order chi connectivity index (χ1) is 17.9. The van der Waals surface area contributed by atoms with Crippen molar-refractivity contribution in [2.45, 2.75) is 63.4 Å². The zero-order valence-electron chi connectivity index (χ0n) is 21.4. The van der Waals surface area contributed by atoms with Crippen LogP contribution in [0.2, 0.25) is 5.02 Å². The third-order valence-electron chi connectivity index (χ3n) is 10.5. The molecule has 6 rings (SSSR count). The number of aliphatic hydroxyl groups is 2. The lowest BCUT2D eigenvalue weighted by Crippen LogP contribution is -2.69. The Bertz CT molecular complexity index is 1290. The number of halogens is 3. The minimum absolute atomic E-state index is 0.0931. The molecular weight excluding hydrogens is 516 g/mol. The predicted octanol–water partition coefficient (Wildman–Crippen LogP) is 4.28. The van der Waals surface area contributed by atoms with Crippen molar-refractivity contribution >= 4 is 23.2 Å². The van der Waals surface area contributed by atoms with Gasteiger partial charge in [-0.3, -0.25) is 14.4 Å². The fourth-order valence-corrected chi connectivity index (χ4v) is 9.06. The largest absolute Gasteiger partial charge is 0.390 e. The number of hydroxylamine groups is 2. The Balaban J connectivity index is 1.41. The molecule has 204 valence electrons. The van der Waals surface area contributed by atoms with E-state index in [0.29, 0.717) is 24.5 Å². The van der Waals surface area contributed by atoms with Gasteiger partial charge in [-0.15, -0.1) is 0 Å². The van der Waals surface area contributed by atoms with E-state index in [1.54, 1.807) is 18.1 Å². The molecule has 2 N–H and O–H groups in total. The number of hydrogen-bond donors (Lipinski definition) is 2. The van der Waals surface area contributed by atoms with Crippen molar-refractivity contribution < 1.29 is 33.4 Å². The fraction of sp³-hybridized carbons (Fsp3) is 0.586. The maximum atomic E-state index is 17.4. The molecule has 4 aliphatic carbocycles. The van der Waals surface area contributed by atoms with Crippen molar-refractivity contribution in [2.24, 2.45) is 28.6 Å². The summed E-state index contributed by atoms with van der Waals surface area (Å²) in [6.07, 6.45) is 1.01. The van der Waals surface area contributed by atoms with Crippen LogP contribution in [0.1, 0.15) is 45.1 Å². The Morgan fingerprint density at radius 3 is 2.76 bits per heavy atom. The second kappa shape index (κ2) is 8.51. The minimum atomic E-state index is -2.22. The molecule has 1 aromatic carbocycles. The van der Waals surface area contributed by atoms with Crippen LogP contribution < -0.4 is 0 Å². The van der Waals surface area contributed by atoms with E-state index in [4.69, 9.17) is 16.4 Å². The molecule has 6 nitrogen and oxygen atoms in total. The zero-order chi connectivity index (χ0) is 27.3. The highest BCUT2D eigenvalue weighted by Crippen LogP contribution is 2.72. The van der Waals surface area contributed by atoms with Gasteiger partial charge in [0.25, 0.3) is 0 Å². The maximum absolute atomic E-state index is 17.4. The van der Waals surface area contributed by atoms with E-state index in [1.807, 2.05) is 25.1 Å². The number of carbonyl (C=O) groups is 2. The molecule has 0 spiro atoms. The van der Waals surface area contributed by atoms with Crippen LogP contribution >= 0.6 is 11.6 Å². The van der Waals surface area contributed by atoms with Gasteiger partial charge in [-0.2, -0.15) is 5.06 Å². The minimum Gasteiger partial charge on any atom is -0.390 e. The smallest absolute Gasteiger partial charge is 0.192 e. The van der Waals surface area contributed by atoms with Crippen LogP contribution in [-0.2, 0) is 21.0 Å². The highest BCUT2D eigenvalue weighted by Gasteiger charge is 2.79. The molecule has 1 aliphatic heterocycles. The second-order valence-corrected chi connectivity index (χ2v) is 12.6. The van der Waals surface area contributed by atoms with Crippen molar-refractivity contribution in [3.63, 3.8) is 0 Å². The predicted molar refractivity (Wildman–Crippen MR) is 135 cm³/mol. The first kappa shape index (κ1) is 26.3. The van der Waals surface area contributed by atoms with Crippen molar-refractivity contribution in [1.29, 1.82) is 0 Å². The number of nitrogens with zero attached hydrogens (tertiary/aromatic N) is 1. The molecule has 8 atom stereocenters. The van der Waals surface area contributed by atoms with Crippen LogP contribution in [-0.4, -0.2) is 57.4 Å².